The molecule has 5 rings (SSSR count). The van der Waals surface area contributed by atoms with Gasteiger partial charge < -0.3 is 20.6 Å². The van der Waals surface area contributed by atoms with Gasteiger partial charge >= 0.3 is 6.18 Å². The van der Waals surface area contributed by atoms with Crippen molar-refractivity contribution < 1.29 is 23.1 Å². The minimum Gasteiger partial charge on any atom is -0.390 e. The van der Waals surface area contributed by atoms with E-state index in [1.165, 1.54) is 10.7 Å². The first kappa shape index (κ1) is 24.3. The van der Waals surface area contributed by atoms with Gasteiger partial charge in [0.25, 0.3) is 0 Å². The van der Waals surface area contributed by atoms with Crippen molar-refractivity contribution in [2.24, 2.45) is 5.92 Å². The number of benzene rings is 1. The van der Waals surface area contributed by atoms with E-state index in [1.54, 1.807) is 12.3 Å². The highest BCUT2D eigenvalue weighted by molar-refractivity contribution is 5.89. The highest BCUT2D eigenvalue weighted by atomic mass is 19.4. The topological polar surface area (TPSA) is 108 Å². The minimum absolute atomic E-state index is 0.0727. The molecule has 0 radical (unpaired) electrons. The van der Waals surface area contributed by atoms with E-state index in [-0.39, 0.29) is 35.9 Å². The molecule has 1 amide bonds. The van der Waals surface area contributed by atoms with E-state index in [0.29, 0.717) is 36.5 Å². The van der Waals surface area contributed by atoms with Crippen LogP contribution in [0.1, 0.15) is 38.7 Å². The Labute approximate surface area is 205 Å². The summed E-state index contributed by atoms with van der Waals surface area (Å²) in [5.41, 5.74) is -0.964. The second-order valence-electron chi connectivity index (χ2n) is 9.98. The number of piperidine rings is 1. The van der Waals surface area contributed by atoms with Gasteiger partial charge in [-0.05, 0) is 50.8 Å². The van der Waals surface area contributed by atoms with Crippen molar-refractivity contribution in [1.29, 1.82) is 0 Å². The van der Waals surface area contributed by atoms with Crippen molar-refractivity contribution in [3.05, 3.63) is 36.0 Å². The molecule has 2 fully saturated rings. The summed E-state index contributed by atoms with van der Waals surface area (Å²) in [4.78, 5) is 23.1. The van der Waals surface area contributed by atoms with Crippen LogP contribution in [-0.2, 0) is 11.0 Å². The lowest BCUT2D eigenvalue weighted by molar-refractivity contribution is -0.137. The van der Waals surface area contributed by atoms with Crippen LogP contribution in [0.5, 0.6) is 0 Å². The molecule has 1 atom stereocenters. The van der Waals surface area contributed by atoms with E-state index in [0.717, 1.165) is 25.0 Å². The lowest BCUT2D eigenvalue weighted by atomic mass is 9.83. The molecule has 0 aliphatic carbocycles. The molecule has 1 aromatic carbocycles. The van der Waals surface area contributed by atoms with Gasteiger partial charge in [0, 0.05) is 26.1 Å². The molecule has 1 unspecified atom stereocenters. The van der Waals surface area contributed by atoms with E-state index in [2.05, 4.69) is 25.6 Å². The fraction of sp³-hybridized carbons (Fsp3) is 0.500. The van der Waals surface area contributed by atoms with Crippen molar-refractivity contribution in [3.8, 4) is 5.69 Å². The first-order valence-corrected chi connectivity index (χ1v) is 11.9. The van der Waals surface area contributed by atoms with Crippen LogP contribution in [0, 0.1) is 5.92 Å². The van der Waals surface area contributed by atoms with Gasteiger partial charge in [0.2, 0.25) is 11.9 Å². The Morgan fingerprint density at radius 2 is 1.92 bits per heavy atom. The van der Waals surface area contributed by atoms with Crippen LogP contribution >= 0.6 is 0 Å². The van der Waals surface area contributed by atoms with Gasteiger partial charge in [0.15, 0.2) is 5.65 Å². The van der Waals surface area contributed by atoms with Crippen molar-refractivity contribution in [1.82, 2.24) is 25.1 Å². The fourth-order valence-corrected chi connectivity index (χ4v) is 4.89. The quantitative estimate of drug-likeness (QED) is 0.491. The summed E-state index contributed by atoms with van der Waals surface area (Å²) in [6.07, 6.45) is -1.11. The molecular formula is C24H28F3N7O2. The standard InChI is InChI=1S/C24H28F3N7O2/c1-23(2,36)14-6-8-33(9-7-14)20-18-13-29-34(17-5-3-4-15(10-17)24(25,26)27)21(18)32-22(31-20)30-16-11-19(35)28-12-16/h3-5,10,13-14,16,36H,6-9,11-12H2,1-2H3,(H,28,35)(H,30,31,32). The van der Waals surface area contributed by atoms with Crippen LogP contribution in [0.4, 0.5) is 24.9 Å². The zero-order chi connectivity index (χ0) is 25.7. The Kier molecular flexibility index (Phi) is 6.01. The van der Waals surface area contributed by atoms with Crippen molar-refractivity contribution in [2.75, 3.05) is 29.9 Å². The van der Waals surface area contributed by atoms with E-state index in [9.17, 15) is 23.1 Å². The molecule has 2 aliphatic heterocycles. The lowest BCUT2D eigenvalue weighted by Crippen LogP contribution is -2.42. The van der Waals surface area contributed by atoms with Gasteiger partial charge in [-0.1, -0.05) is 6.07 Å². The van der Waals surface area contributed by atoms with Crippen molar-refractivity contribution >= 4 is 28.7 Å². The zero-order valence-electron chi connectivity index (χ0n) is 20.0. The number of fused-ring (bicyclic) bond motifs is 1. The molecule has 4 heterocycles. The molecule has 9 nitrogen and oxygen atoms in total. The third-order valence-corrected chi connectivity index (χ3v) is 6.93. The number of halogens is 3. The minimum atomic E-state index is -4.49. The number of carbonyl (C=O) groups excluding carboxylic acids is 1. The van der Waals surface area contributed by atoms with Crippen LogP contribution < -0.4 is 15.5 Å². The number of alkyl halides is 3. The van der Waals surface area contributed by atoms with Crippen LogP contribution in [0.25, 0.3) is 16.7 Å². The predicted molar refractivity (Wildman–Crippen MR) is 128 cm³/mol. The van der Waals surface area contributed by atoms with Crippen LogP contribution in [0.2, 0.25) is 0 Å². The monoisotopic (exact) mass is 503 g/mol. The number of nitrogens with one attached hydrogen (secondary N) is 2. The highest BCUT2D eigenvalue weighted by Gasteiger charge is 2.33. The number of rotatable bonds is 5. The second kappa shape index (κ2) is 8.91. The van der Waals surface area contributed by atoms with Gasteiger partial charge in [-0.3, -0.25) is 4.79 Å². The van der Waals surface area contributed by atoms with Crippen LogP contribution in [0.3, 0.4) is 0 Å². The number of aliphatic hydroxyl groups is 1. The molecule has 3 aromatic rings. The Morgan fingerprint density at radius 1 is 1.17 bits per heavy atom. The summed E-state index contributed by atoms with van der Waals surface area (Å²) in [6, 6.07) is 4.73. The van der Waals surface area contributed by atoms with Crippen LogP contribution in [-0.4, -0.2) is 62.0 Å². The number of nitrogens with zero attached hydrogens (tertiary/aromatic N) is 5. The molecule has 2 saturated heterocycles. The van der Waals surface area contributed by atoms with Gasteiger partial charge in [-0.2, -0.15) is 28.2 Å². The SMILES string of the molecule is CC(C)(O)C1CCN(c2nc(NC3CNC(=O)C3)nc3c2cnn3-c2cccc(C(F)(F)F)c2)CC1. The summed E-state index contributed by atoms with van der Waals surface area (Å²) in [5.74, 6) is 0.966. The summed E-state index contributed by atoms with van der Waals surface area (Å²) in [6.45, 7) is 5.36. The Bertz CT molecular complexity index is 1280. The average molecular weight is 504 g/mol. The molecule has 3 N–H and O–H groups in total. The fourth-order valence-electron chi connectivity index (χ4n) is 4.89. The largest absolute Gasteiger partial charge is 0.416 e. The molecule has 12 heteroatoms. The summed E-state index contributed by atoms with van der Waals surface area (Å²) < 4.78 is 41.4. The smallest absolute Gasteiger partial charge is 0.390 e. The van der Waals surface area contributed by atoms with Crippen molar-refractivity contribution in [3.63, 3.8) is 0 Å². The number of hydrogen-bond donors (Lipinski definition) is 3. The number of hydrogen-bond acceptors (Lipinski definition) is 7. The van der Waals surface area contributed by atoms with E-state index in [1.807, 2.05) is 13.8 Å². The maximum absolute atomic E-state index is 13.3. The average Bonchev–Trinajstić information content (AvgIpc) is 3.43. The Balaban J connectivity index is 1.55. The predicted octanol–water partition coefficient (Wildman–Crippen LogP) is 3.12. The zero-order valence-corrected chi connectivity index (χ0v) is 20.0. The molecular weight excluding hydrogens is 475 g/mol. The first-order chi connectivity index (χ1) is 17.0. The van der Waals surface area contributed by atoms with Gasteiger partial charge in [-0.25, -0.2) is 4.68 Å². The summed E-state index contributed by atoms with van der Waals surface area (Å²) in [5, 5.41) is 21.4. The maximum atomic E-state index is 13.3. The third-order valence-electron chi connectivity index (χ3n) is 6.93. The summed E-state index contributed by atoms with van der Waals surface area (Å²) >= 11 is 0. The van der Waals surface area contributed by atoms with Gasteiger partial charge in [0.1, 0.15) is 5.82 Å². The number of anilines is 2. The van der Waals surface area contributed by atoms with E-state index < -0.39 is 17.3 Å². The van der Waals surface area contributed by atoms with E-state index >= 15 is 0 Å². The Hall–Kier alpha value is -3.41. The van der Waals surface area contributed by atoms with Gasteiger partial charge in [0.05, 0.1) is 34.5 Å². The normalized spacial score (nSPS) is 19.7. The number of amides is 1. The van der Waals surface area contributed by atoms with Gasteiger partial charge in [-0.15, -0.1) is 0 Å². The lowest BCUT2D eigenvalue weighted by Gasteiger charge is -2.38. The second-order valence-corrected chi connectivity index (χ2v) is 9.98. The van der Waals surface area contributed by atoms with Crippen LogP contribution in [0.15, 0.2) is 30.5 Å². The maximum Gasteiger partial charge on any atom is 0.416 e. The highest BCUT2D eigenvalue weighted by Crippen LogP contribution is 2.35. The number of aromatic nitrogens is 4. The molecule has 2 aromatic heterocycles. The van der Waals surface area contributed by atoms with E-state index in [4.69, 9.17) is 4.98 Å². The molecule has 0 saturated carbocycles. The molecule has 2 aliphatic rings. The molecule has 0 spiro atoms. The first-order valence-electron chi connectivity index (χ1n) is 11.9. The molecule has 36 heavy (non-hydrogen) atoms. The molecule has 0 bridgehead atoms. The number of carbonyl (C=O) groups is 1. The van der Waals surface area contributed by atoms with Crippen molar-refractivity contribution in [2.45, 2.75) is 50.9 Å². The summed E-state index contributed by atoms with van der Waals surface area (Å²) in [7, 11) is 0. The Morgan fingerprint density at radius 3 is 2.56 bits per heavy atom. The molecule has 192 valence electrons. The third kappa shape index (κ3) is 4.81.